The van der Waals surface area contributed by atoms with E-state index in [1.165, 1.54) is 30.6 Å². The van der Waals surface area contributed by atoms with Crippen molar-refractivity contribution in [2.45, 2.75) is 0 Å². The van der Waals surface area contributed by atoms with Crippen LogP contribution < -0.4 is 0 Å². The van der Waals surface area contributed by atoms with E-state index in [-0.39, 0.29) is 11.1 Å². The second-order valence-corrected chi connectivity index (χ2v) is 3.20. The van der Waals surface area contributed by atoms with Crippen LogP contribution in [0.25, 0.3) is 11.1 Å². The van der Waals surface area contributed by atoms with Crippen molar-refractivity contribution in [1.82, 2.24) is 4.98 Å². The highest BCUT2D eigenvalue weighted by atomic mass is 19.1. The molecule has 0 bridgehead atoms. The lowest BCUT2D eigenvalue weighted by Crippen LogP contribution is -2.01. The van der Waals surface area contributed by atoms with Gasteiger partial charge < -0.3 is 5.11 Å². The summed E-state index contributed by atoms with van der Waals surface area (Å²) in [6.45, 7) is 0. The first-order chi connectivity index (χ1) is 7.70. The number of hydrogen-bond acceptors (Lipinski definition) is 2. The maximum Gasteiger partial charge on any atom is 0.336 e. The summed E-state index contributed by atoms with van der Waals surface area (Å²) < 4.78 is 13.6. The molecule has 80 valence electrons. The van der Waals surface area contributed by atoms with Crippen molar-refractivity contribution < 1.29 is 14.3 Å². The Balaban J connectivity index is 2.68. The van der Waals surface area contributed by atoms with Crippen molar-refractivity contribution in [2.75, 3.05) is 0 Å². The highest BCUT2D eigenvalue weighted by Gasteiger charge is 2.15. The molecule has 0 saturated heterocycles. The minimum Gasteiger partial charge on any atom is -0.478 e. The second kappa shape index (κ2) is 4.10. The Morgan fingerprint density at radius 3 is 2.50 bits per heavy atom. The molecule has 0 unspecified atom stereocenters. The zero-order valence-electron chi connectivity index (χ0n) is 8.22. The van der Waals surface area contributed by atoms with E-state index in [9.17, 15) is 9.18 Å². The van der Waals surface area contributed by atoms with Crippen LogP contribution in [-0.4, -0.2) is 16.1 Å². The molecule has 0 fully saturated rings. The maximum atomic E-state index is 13.6. The van der Waals surface area contributed by atoms with E-state index in [0.29, 0.717) is 5.56 Å². The molecule has 0 aliphatic carbocycles. The molecule has 2 aromatic rings. The van der Waals surface area contributed by atoms with Crippen LogP contribution in [0.3, 0.4) is 0 Å². The van der Waals surface area contributed by atoms with Gasteiger partial charge in [-0.3, -0.25) is 4.98 Å². The summed E-state index contributed by atoms with van der Waals surface area (Å²) in [5.74, 6) is -1.70. The standard InChI is InChI=1S/C12H8FNO2/c13-10-3-1-2-9(12(15)16)11(10)8-4-6-14-7-5-8/h1-7H,(H,15,16). The number of nitrogens with zero attached hydrogens (tertiary/aromatic N) is 1. The number of carboxylic acid groups (broad SMARTS) is 1. The van der Waals surface area contributed by atoms with Crippen molar-refractivity contribution in [3.8, 4) is 11.1 Å². The fraction of sp³-hybridized carbons (Fsp3) is 0. The summed E-state index contributed by atoms with van der Waals surface area (Å²) in [4.78, 5) is 14.8. The van der Waals surface area contributed by atoms with E-state index in [4.69, 9.17) is 5.11 Å². The van der Waals surface area contributed by atoms with Crippen LogP contribution in [0.4, 0.5) is 4.39 Å². The molecule has 4 heteroatoms. The number of halogens is 1. The number of pyridine rings is 1. The first-order valence-electron chi connectivity index (χ1n) is 4.62. The van der Waals surface area contributed by atoms with E-state index in [1.807, 2.05) is 0 Å². The SMILES string of the molecule is O=C(O)c1cccc(F)c1-c1ccncc1. The Kier molecular flexibility index (Phi) is 2.64. The number of benzene rings is 1. The van der Waals surface area contributed by atoms with E-state index in [0.717, 1.165) is 0 Å². The number of hydrogen-bond donors (Lipinski definition) is 1. The van der Waals surface area contributed by atoms with Gasteiger partial charge in [0.1, 0.15) is 5.82 Å². The topological polar surface area (TPSA) is 50.2 Å². The molecule has 2 rings (SSSR count). The summed E-state index contributed by atoms with van der Waals surface area (Å²) in [5, 5.41) is 8.97. The molecule has 0 aliphatic heterocycles. The van der Waals surface area contributed by atoms with Gasteiger partial charge in [-0.1, -0.05) is 6.07 Å². The fourth-order valence-electron chi connectivity index (χ4n) is 1.51. The minimum atomic E-state index is -1.15. The van der Waals surface area contributed by atoms with Gasteiger partial charge in [-0.15, -0.1) is 0 Å². The molecule has 1 aromatic carbocycles. The lowest BCUT2D eigenvalue weighted by atomic mass is 10.0. The smallest absolute Gasteiger partial charge is 0.336 e. The first-order valence-corrected chi connectivity index (χ1v) is 4.62. The zero-order valence-corrected chi connectivity index (χ0v) is 8.22. The molecular weight excluding hydrogens is 209 g/mol. The quantitative estimate of drug-likeness (QED) is 0.841. The molecule has 0 amide bonds. The van der Waals surface area contributed by atoms with Crippen LogP contribution in [0.5, 0.6) is 0 Å². The third-order valence-corrected chi connectivity index (χ3v) is 2.21. The predicted octanol–water partition coefficient (Wildman–Crippen LogP) is 2.59. The van der Waals surface area contributed by atoms with Crippen molar-refractivity contribution in [3.63, 3.8) is 0 Å². The second-order valence-electron chi connectivity index (χ2n) is 3.20. The summed E-state index contributed by atoms with van der Waals surface area (Å²) in [7, 11) is 0. The Hall–Kier alpha value is -2.23. The largest absolute Gasteiger partial charge is 0.478 e. The monoisotopic (exact) mass is 217 g/mol. The molecule has 1 heterocycles. The number of aromatic carboxylic acids is 1. The van der Waals surface area contributed by atoms with E-state index < -0.39 is 11.8 Å². The van der Waals surface area contributed by atoms with Crippen LogP contribution >= 0.6 is 0 Å². The van der Waals surface area contributed by atoms with E-state index in [1.54, 1.807) is 12.1 Å². The average molecular weight is 217 g/mol. The number of rotatable bonds is 2. The molecule has 3 nitrogen and oxygen atoms in total. The van der Waals surface area contributed by atoms with Gasteiger partial charge in [0.05, 0.1) is 5.56 Å². The van der Waals surface area contributed by atoms with Gasteiger partial charge in [-0.25, -0.2) is 9.18 Å². The predicted molar refractivity (Wildman–Crippen MR) is 56.6 cm³/mol. The molecule has 0 radical (unpaired) electrons. The minimum absolute atomic E-state index is 0.0498. The number of aromatic nitrogens is 1. The van der Waals surface area contributed by atoms with Gasteiger partial charge >= 0.3 is 5.97 Å². The van der Waals surface area contributed by atoms with E-state index in [2.05, 4.69) is 4.98 Å². The Morgan fingerprint density at radius 1 is 1.19 bits per heavy atom. The third-order valence-electron chi connectivity index (χ3n) is 2.21. The Labute approximate surface area is 91.2 Å². The average Bonchev–Trinajstić information content (AvgIpc) is 2.29. The van der Waals surface area contributed by atoms with Crippen LogP contribution in [0.2, 0.25) is 0 Å². The van der Waals surface area contributed by atoms with Gasteiger partial charge in [0, 0.05) is 18.0 Å². The zero-order chi connectivity index (χ0) is 11.5. The molecule has 1 N–H and O–H groups in total. The molecule has 1 aromatic heterocycles. The highest BCUT2D eigenvalue weighted by molar-refractivity contribution is 5.96. The lowest BCUT2D eigenvalue weighted by Gasteiger charge is -2.06. The lowest BCUT2D eigenvalue weighted by molar-refractivity contribution is 0.0697. The summed E-state index contributed by atoms with van der Waals surface area (Å²) in [6, 6.07) is 7.14. The summed E-state index contributed by atoms with van der Waals surface area (Å²) >= 11 is 0. The van der Waals surface area contributed by atoms with Crippen LogP contribution in [0, 0.1) is 5.82 Å². The van der Waals surface area contributed by atoms with E-state index >= 15 is 0 Å². The van der Waals surface area contributed by atoms with Gasteiger partial charge in [0.25, 0.3) is 0 Å². The maximum absolute atomic E-state index is 13.6. The van der Waals surface area contributed by atoms with Crippen LogP contribution in [0.1, 0.15) is 10.4 Å². The number of carboxylic acids is 1. The summed E-state index contributed by atoms with van der Waals surface area (Å²) in [5.41, 5.74) is 0.550. The molecule has 16 heavy (non-hydrogen) atoms. The highest BCUT2D eigenvalue weighted by Crippen LogP contribution is 2.26. The number of carbonyl (C=O) groups is 1. The Bertz CT molecular complexity index is 526. The third kappa shape index (κ3) is 1.77. The molecule has 0 aliphatic rings. The fourth-order valence-corrected chi connectivity index (χ4v) is 1.51. The van der Waals surface area contributed by atoms with Crippen molar-refractivity contribution >= 4 is 5.97 Å². The van der Waals surface area contributed by atoms with Gasteiger partial charge in [0.2, 0.25) is 0 Å². The molecule has 0 saturated carbocycles. The van der Waals surface area contributed by atoms with Gasteiger partial charge in [-0.05, 0) is 29.8 Å². The van der Waals surface area contributed by atoms with Crippen LogP contribution in [-0.2, 0) is 0 Å². The first kappa shape index (κ1) is 10.3. The normalized spacial score (nSPS) is 10.1. The molecular formula is C12H8FNO2. The molecule has 0 spiro atoms. The van der Waals surface area contributed by atoms with Crippen molar-refractivity contribution in [1.29, 1.82) is 0 Å². The van der Waals surface area contributed by atoms with Gasteiger partial charge in [-0.2, -0.15) is 0 Å². The van der Waals surface area contributed by atoms with Crippen LogP contribution in [0.15, 0.2) is 42.7 Å². The van der Waals surface area contributed by atoms with Crippen molar-refractivity contribution in [2.24, 2.45) is 0 Å². The molecule has 0 atom stereocenters. The van der Waals surface area contributed by atoms with Gasteiger partial charge in [0.15, 0.2) is 0 Å². The van der Waals surface area contributed by atoms with Crippen molar-refractivity contribution in [3.05, 3.63) is 54.1 Å². The Morgan fingerprint density at radius 2 is 1.88 bits per heavy atom. The summed E-state index contributed by atoms with van der Waals surface area (Å²) in [6.07, 6.45) is 2.99.